The van der Waals surface area contributed by atoms with Crippen LogP contribution in [0.15, 0.2) is 30.6 Å². The molecule has 3 rings (SSSR count). The molecular weight excluding hydrogens is 336 g/mol. The third-order valence-corrected chi connectivity index (χ3v) is 5.18. The average Bonchev–Trinajstić information content (AvgIpc) is 2.90. The van der Waals surface area contributed by atoms with E-state index in [0.29, 0.717) is 0 Å². The molecule has 25 heavy (non-hydrogen) atoms. The van der Waals surface area contributed by atoms with Crippen LogP contribution in [0.2, 0.25) is 0 Å². The zero-order valence-electron chi connectivity index (χ0n) is 14.7. The summed E-state index contributed by atoms with van der Waals surface area (Å²) in [6.07, 6.45) is 1.55. The lowest BCUT2D eigenvalue weighted by molar-refractivity contribution is -0.114. The minimum absolute atomic E-state index is 0.107. The Kier molecular flexibility index (Phi) is 4.85. The second-order valence-corrected chi connectivity index (χ2v) is 7.00. The molecule has 0 saturated carbocycles. The van der Waals surface area contributed by atoms with E-state index in [9.17, 15) is 4.79 Å². The smallest absolute Gasteiger partial charge is 0.243 e. The molecule has 0 saturated heterocycles. The molecule has 0 unspecified atom stereocenters. The molecule has 0 atom stereocenters. The maximum Gasteiger partial charge on any atom is 0.243 e. The lowest BCUT2D eigenvalue weighted by atomic mass is 10.2. The monoisotopic (exact) mass is 356 g/mol. The van der Waals surface area contributed by atoms with Crippen LogP contribution in [-0.2, 0) is 4.79 Å². The van der Waals surface area contributed by atoms with E-state index in [1.54, 1.807) is 24.8 Å². The van der Waals surface area contributed by atoms with E-state index >= 15 is 0 Å². The van der Waals surface area contributed by atoms with Crippen molar-refractivity contribution in [3.63, 3.8) is 0 Å². The molecule has 0 spiro atoms. The highest BCUT2D eigenvalue weighted by molar-refractivity contribution is 7.18. The summed E-state index contributed by atoms with van der Waals surface area (Å²) in [6, 6.07) is 7.24. The summed E-state index contributed by atoms with van der Waals surface area (Å²) in [6.45, 7) is 4.33. The second kappa shape index (κ2) is 7.06. The minimum Gasteiger partial charge on any atom is -0.497 e. The number of rotatable bonds is 5. The number of nitrogens with zero attached hydrogens (tertiary/aromatic N) is 3. The topological polar surface area (TPSA) is 67.3 Å². The molecule has 0 fully saturated rings. The number of aromatic nitrogens is 2. The van der Waals surface area contributed by atoms with Gasteiger partial charge in [0.2, 0.25) is 5.91 Å². The van der Waals surface area contributed by atoms with E-state index in [1.807, 2.05) is 36.2 Å². The first-order valence-corrected chi connectivity index (χ1v) is 8.67. The number of hydrogen-bond acceptors (Lipinski definition) is 6. The van der Waals surface area contributed by atoms with Crippen LogP contribution in [0.5, 0.6) is 5.75 Å². The van der Waals surface area contributed by atoms with E-state index in [-0.39, 0.29) is 12.5 Å². The van der Waals surface area contributed by atoms with Crippen molar-refractivity contribution in [3.05, 3.63) is 41.0 Å². The van der Waals surface area contributed by atoms with Crippen molar-refractivity contribution < 1.29 is 9.53 Å². The van der Waals surface area contributed by atoms with Gasteiger partial charge in [0, 0.05) is 17.6 Å². The Balaban J connectivity index is 1.75. The highest BCUT2D eigenvalue weighted by atomic mass is 32.1. The largest absolute Gasteiger partial charge is 0.497 e. The van der Waals surface area contributed by atoms with Crippen LogP contribution in [0.3, 0.4) is 0 Å². The molecule has 6 nitrogen and oxygen atoms in total. The van der Waals surface area contributed by atoms with Crippen molar-refractivity contribution in [1.29, 1.82) is 0 Å². The Labute approximate surface area is 150 Å². The standard InChI is InChI=1S/C18H20N4O2S/c1-11-12(2)25-18-16(11)17(19-10-20-18)22(3)9-15(23)21-13-5-7-14(24-4)8-6-13/h5-8,10H,9H2,1-4H3,(H,21,23). The normalized spacial score (nSPS) is 10.7. The summed E-state index contributed by atoms with van der Waals surface area (Å²) in [5, 5.41) is 3.90. The van der Waals surface area contributed by atoms with Crippen LogP contribution in [-0.4, -0.2) is 36.6 Å². The molecule has 0 radical (unpaired) electrons. The Morgan fingerprint density at radius 2 is 1.96 bits per heavy atom. The molecule has 0 aliphatic heterocycles. The highest BCUT2D eigenvalue weighted by Crippen LogP contribution is 2.33. The summed E-state index contributed by atoms with van der Waals surface area (Å²) in [5.74, 6) is 1.42. The maximum absolute atomic E-state index is 12.4. The zero-order chi connectivity index (χ0) is 18.0. The third kappa shape index (κ3) is 3.56. The van der Waals surface area contributed by atoms with Gasteiger partial charge in [0.15, 0.2) is 0 Å². The molecule has 1 aromatic carbocycles. The fourth-order valence-corrected chi connectivity index (χ4v) is 3.61. The molecule has 0 aliphatic carbocycles. The Hall–Kier alpha value is -2.67. The number of nitrogens with one attached hydrogen (secondary N) is 1. The number of hydrogen-bond donors (Lipinski definition) is 1. The van der Waals surface area contributed by atoms with Crippen LogP contribution >= 0.6 is 11.3 Å². The Morgan fingerprint density at radius 3 is 2.64 bits per heavy atom. The van der Waals surface area contributed by atoms with Gasteiger partial charge in [-0.15, -0.1) is 11.3 Å². The van der Waals surface area contributed by atoms with E-state index in [1.165, 1.54) is 4.88 Å². The summed E-state index contributed by atoms with van der Waals surface area (Å²) in [7, 11) is 3.47. The van der Waals surface area contributed by atoms with Crippen molar-refractivity contribution >= 4 is 39.0 Å². The first-order valence-electron chi connectivity index (χ1n) is 7.85. The van der Waals surface area contributed by atoms with Crippen LogP contribution in [0.25, 0.3) is 10.2 Å². The second-order valence-electron chi connectivity index (χ2n) is 5.79. The van der Waals surface area contributed by atoms with E-state index in [0.717, 1.165) is 33.0 Å². The molecule has 1 N–H and O–H groups in total. The number of amides is 1. The predicted octanol–water partition coefficient (Wildman–Crippen LogP) is 3.39. The van der Waals surface area contributed by atoms with Crippen molar-refractivity contribution in [2.24, 2.45) is 0 Å². The molecule has 130 valence electrons. The van der Waals surface area contributed by atoms with Gasteiger partial charge >= 0.3 is 0 Å². The summed E-state index contributed by atoms with van der Waals surface area (Å²) in [5.41, 5.74) is 1.90. The van der Waals surface area contributed by atoms with E-state index < -0.39 is 0 Å². The highest BCUT2D eigenvalue weighted by Gasteiger charge is 2.16. The van der Waals surface area contributed by atoms with Crippen molar-refractivity contribution in [3.8, 4) is 5.75 Å². The quantitative estimate of drug-likeness (QED) is 0.759. The fourth-order valence-electron chi connectivity index (χ4n) is 2.62. The van der Waals surface area contributed by atoms with Gasteiger partial charge in [-0.2, -0.15) is 0 Å². The van der Waals surface area contributed by atoms with Gasteiger partial charge in [-0.25, -0.2) is 9.97 Å². The lowest BCUT2D eigenvalue weighted by Gasteiger charge is -2.18. The van der Waals surface area contributed by atoms with Gasteiger partial charge in [-0.05, 0) is 43.7 Å². The maximum atomic E-state index is 12.4. The van der Waals surface area contributed by atoms with E-state index in [2.05, 4.69) is 29.1 Å². The number of thiophene rings is 1. The molecule has 7 heteroatoms. The predicted molar refractivity (Wildman–Crippen MR) is 102 cm³/mol. The molecular formula is C18H20N4O2S. The Morgan fingerprint density at radius 1 is 1.24 bits per heavy atom. The Bertz CT molecular complexity index is 905. The van der Waals surface area contributed by atoms with Gasteiger partial charge in [0.1, 0.15) is 22.7 Å². The van der Waals surface area contributed by atoms with Crippen molar-refractivity contribution in [1.82, 2.24) is 9.97 Å². The number of ether oxygens (including phenoxy) is 1. The zero-order valence-corrected chi connectivity index (χ0v) is 15.5. The SMILES string of the molecule is COc1ccc(NC(=O)CN(C)c2ncnc3sc(C)c(C)c23)cc1. The molecule has 0 bridgehead atoms. The number of carbonyl (C=O) groups is 1. The third-order valence-electron chi connectivity index (χ3n) is 4.06. The number of likely N-dealkylation sites (N-methyl/N-ethyl adjacent to an activating group) is 1. The molecule has 1 amide bonds. The van der Waals surface area contributed by atoms with E-state index in [4.69, 9.17) is 4.74 Å². The average molecular weight is 356 g/mol. The van der Waals surface area contributed by atoms with Gasteiger partial charge in [0.25, 0.3) is 0 Å². The number of anilines is 2. The summed E-state index contributed by atoms with van der Waals surface area (Å²) in [4.78, 5) is 25.1. The fraction of sp³-hybridized carbons (Fsp3) is 0.278. The number of carbonyl (C=O) groups excluding carboxylic acids is 1. The first kappa shape index (κ1) is 17.2. The van der Waals surface area contributed by atoms with Crippen molar-refractivity contribution in [2.75, 3.05) is 30.9 Å². The van der Waals surface area contributed by atoms with Gasteiger partial charge in [0.05, 0.1) is 19.0 Å². The van der Waals surface area contributed by atoms with Crippen LogP contribution in [0, 0.1) is 13.8 Å². The summed E-state index contributed by atoms with van der Waals surface area (Å²) < 4.78 is 5.12. The van der Waals surface area contributed by atoms with Gasteiger partial charge in [-0.1, -0.05) is 0 Å². The number of methoxy groups -OCH3 is 1. The molecule has 2 heterocycles. The van der Waals surface area contributed by atoms with Crippen molar-refractivity contribution in [2.45, 2.75) is 13.8 Å². The molecule has 0 aliphatic rings. The van der Waals surface area contributed by atoms with Crippen LogP contribution < -0.4 is 15.0 Å². The number of fused-ring (bicyclic) bond motifs is 1. The van der Waals surface area contributed by atoms with Gasteiger partial charge < -0.3 is 15.0 Å². The number of benzene rings is 1. The molecule has 2 aromatic heterocycles. The first-order chi connectivity index (χ1) is 12.0. The van der Waals surface area contributed by atoms with Crippen LogP contribution in [0.1, 0.15) is 10.4 Å². The van der Waals surface area contributed by atoms with Gasteiger partial charge in [-0.3, -0.25) is 4.79 Å². The molecule has 3 aromatic rings. The number of aryl methyl sites for hydroxylation is 2. The summed E-state index contributed by atoms with van der Waals surface area (Å²) >= 11 is 1.65. The van der Waals surface area contributed by atoms with Crippen LogP contribution in [0.4, 0.5) is 11.5 Å². The lowest BCUT2D eigenvalue weighted by Crippen LogP contribution is -2.30. The minimum atomic E-state index is -0.107.